The zero-order valence-electron chi connectivity index (χ0n) is 7.23. The summed E-state index contributed by atoms with van der Waals surface area (Å²) in [5, 5.41) is 0. The van der Waals surface area contributed by atoms with Crippen molar-refractivity contribution in [3.63, 3.8) is 0 Å². The summed E-state index contributed by atoms with van der Waals surface area (Å²) in [5.74, 6) is 0. The molecule has 0 spiro atoms. The summed E-state index contributed by atoms with van der Waals surface area (Å²) in [4.78, 5) is 5.05. The molecule has 2 N–H and O–H groups in total. The molecule has 1 unspecified atom stereocenters. The fourth-order valence-corrected chi connectivity index (χ4v) is 1.86. The number of thiazole rings is 1. The van der Waals surface area contributed by atoms with Gasteiger partial charge in [-0.3, -0.25) is 4.98 Å². The van der Waals surface area contributed by atoms with Gasteiger partial charge in [-0.25, -0.2) is 0 Å². The lowest BCUT2D eigenvalue weighted by Crippen LogP contribution is -2.10. The Morgan fingerprint density at radius 1 is 1.54 bits per heavy atom. The number of rotatable bonds is 2. The molecular formula is C9H10N2OS. The molecule has 0 aliphatic rings. The molecule has 0 aliphatic carbocycles. The second-order valence-electron chi connectivity index (χ2n) is 2.89. The molecule has 13 heavy (non-hydrogen) atoms. The van der Waals surface area contributed by atoms with Crippen molar-refractivity contribution in [1.29, 1.82) is 0 Å². The van der Waals surface area contributed by atoms with Crippen LogP contribution in [0.15, 0.2) is 28.7 Å². The molecule has 1 atom stereocenters. The Kier molecular flexibility index (Phi) is 2.16. The number of hydrogen-bond donors (Lipinski definition) is 1. The van der Waals surface area contributed by atoms with E-state index >= 15 is 0 Å². The highest BCUT2D eigenvalue weighted by molar-refractivity contribution is 7.09. The summed E-state index contributed by atoms with van der Waals surface area (Å²) >= 11 is 1.56. The van der Waals surface area contributed by atoms with Gasteiger partial charge in [-0.1, -0.05) is 0 Å². The minimum Gasteiger partial charge on any atom is -0.472 e. The van der Waals surface area contributed by atoms with Crippen molar-refractivity contribution in [3.8, 4) is 0 Å². The Balaban J connectivity index is 2.33. The molecule has 2 heterocycles. The molecule has 2 aromatic rings. The minimum atomic E-state index is -0.105. The highest BCUT2D eigenvalue weighted by Crippen LogP contribution is 2.25. The third-order valence-corrected chi connectivity index (χ3v) is 2.85. The summed E-state index contributed by atoms with van der Waals surface area (Å²) in [6.45, 7) is 1.99. The Bertz CT molecular complexity index is 380. The molecule has 2 rings (SSSR count). The summed E-state index contributed by atoms with van der Waals surface area (Å²) in [6, 6.07) is -0.105. The van der Waals surface area contributed by atoms with E-state index in [2.05, 4.69) is 4.98 Å². The first kappa shape index (κ1) is 8.47. The molecule has 0 saturated heterocycles. The summed E-state index contributed by atoms with van der Waals surface area (Å²) < 4.78 is 5.07. The summed E-state index contributed by atoms with van der Waals surface area (Å²) in [5.41, 5.74) is 9.91. The van der Waals surface area contributed by atoms with E-state index in [4.69, 9.17) is 10.2 Å². The number of furan rings is 1. The zero-order valence-corrected chi connectivity index (χ0v) is 8.04. The molecular weight excluding hydrogens is 184 g/mol. The number of aryl methyl sites for hydroxylation is 1. The van der Waals surface area contributed by atoms with Crippen LogP contribution >= 0.6 is 11.3 Å². The molecule has 0 radical (unpaired) electrons. The van der Waals surface area contributed by atoms with Gasteiger partial charge in [0.25, 0.3) is 0 Å². The molecule has 0 aromatic carbocycles. The van der Waals surface area contributed by atoms with Gasteiger partial charge >= 0.3 is 0 Å². The molecule has 0 amide bonds. The van der Waals surface area contributed by atoms with Gasteiger partial charge in [0.05, 0.1) is 24.1 Å². The second-order valence-corrected chi connectivity index (χ2v) is 3.81. The van der Waals surface area contributed by atoms with Crippen molar-refractivity contribution < 1.29 is 4.42 Å². The first-order valence-corrected chi connectivity index (χ1v) is 4.83. The topological polar surface area (TPSA) is 52.0 Å². The van der Waals surface area contributed by atoms with Gasteiger partial charge in [-0.05, 0) is 12.5 Å². The monoisotopic (exact) mass is 194 g/mol. The fraction of sp³-hybridized carbons (Fsp3) is 0.222. The first-order chi connectivity index (χ1) is 6.29. The van der Waals surface area contributed by atoms with Crippen molar-refractivity contribution in [2.75, 3.05) is 0 Å². The van der Waals surface area contributed by atoms with E-state index in [0.29, 0.717) is 0 Å². The second kappa shape index (κ2) is 3.32. The van der Waals surface area contributed by atoms with Gasteiger partial charge in [0.2, 0.25) is 0 Å². The van der Waals surface area contributed by atoms with Crippen LogP contribution in [0, 0.1) is 6.92 Å². The Labute approximate surface area is 80.2 Å². The lowest BCUT2D eigenvalue weighted by Gasteiger charge is -2.06. The van der Waals surface area contributed by atoms with Gasteiger partial charge in [0, 0.05) is 16.6 Å². The lowest BCUT2D eigenvalue weighted by atomic mass is 10.1. The molecule has 68 valence electrons. The quantitative estimate of drug-likeness (QED) is 0.796. The van der Waals surface area contributed by atoms with Crippen molar-refractivity contribution in [2.45, 2.75) is 13.0 Å². The van der Waals surface area contributed by atoms with Gasteiger partial charge < -0.3 is 10.2 Å². The molecule has 4 heteroatoms. The third kappa shape index (κ3) is 1.50. The normalized spacial score (nSPS) is 13.1. The van der Waals surface area contributed by atoms with Crippen LogP contribution in [0.2, 0.25) is 0 Å². The zero-order chi connectivity index (χ0) is 9.26. The van der Waals surface area contributed by atoms with Crippen LogP contribution in [-0.4, -0.2) is 4.98 Å². The fourth-order valence-electron chi connectivity index (χ4n) is 1.22. The maximum absolute atomic E-state index is 6.02. The number of aromatic nitrogens is 1. The van der Waals surface area contributed by atoms with Crippen molar-refractivity contribution in [1.82, 2.24) is 4.98 Å². The van der Waals surface area contributed by atoms with Crippen LogP contribution in [0.25, 0.3) is 0 Å². The smallest absolute Gasteiger partial charge is 0.0956 e. The molecule has 3 nitrogen and oxygen atoms in total. The van der Waals surface area contributed by atoms with E-state index in [1.165, 1.54) is 0 Å². The van der Waals surface area contributed by atoms with Crippen LogP contribution in [0.1, 0.15) is 22.0 Å². The first-order valence-electron chi connectivity index (χ1n) is 3.95. The average Bonchev–Trinajstić information content (AvgIpc) is 2.72. The van der Waals surface area contributed by atoms with E-state index < -0.39 is 0 Å². The Morgan fingerprint density at radius 3 is 2.92 bits per heavy atom. The Hall–Kier alpha value is -1.13. The number of nitrogens with two attached hydrogens (primary N) is 1. The van der Waals surface area contributed by atoms with E-state index in [1.54, 1.807) is 35.6 Å². The largest absolute Gasteiger partial charge is 0.472 e. The van der Waals surface area contributed by atoms with Crippen LogP contribution in [0.3, 0.4) is 0 Å². The maximum Gasteiger partial charge on any atom is 0.0956 e. The van der Waals surface area contributed by atoms with Crippen molar-refractivity contribution in [2.24, 2.45) is 5.73 Å². The van der Waals surface area contributed by atoms with Crippen molar-refractivity contribution >= 4 is 11.3 Å². The van der Waals surface area contributed by atoms with E-state index in [0.717, 1.165) is 16.0 Å². The lowest BCUT2D eigenvalue weighted by molar-refractivity contribution is 0.561. The van der Waals surface area contributed by atoms with Crippen LogP contribution < -0.4 is 5.73 Å². The van der Waals surface area contributed by atoms with Gasteiger partial charge in [-0.15, -0.1) is 11.3 Å². The predicted octanol–water partition coefficient (Wildman–Crippen LogP) is 2.09. The molecule has 0 aliphatic heterocycles. The molecule has 0 fully saturated rings. The van der Waals surface area contributed by atoms with Gasteiger partial charge in [0.15, 0.2) is 0 Å². The van der Waals surface area contributed by atoms with Crippen LogP contribution in [0.4, 0.5) is 0 Å². The minimum absolute atomic E-state index is 0.105. The Morgan fingerprint density at radius 2 is 2.38 bits per heavy atom. The van der Waals surface area contributed by atoms with Crippen molar-refractivity contribution in [3.05, 3.63) is 40.2 Å². The van der Waals surface area contributed by atoms with Gasteiger partial charge in [0.1, 0.15) is 0 Å². The SMILES string of the molecule is Cc1cocc1C(N)c1cncs1. The predicted molar refractivity (Wildman–Crippen MR) is 51.6 cm³/mol. The van der Waals surface area contributed by atoms with Gasteiger partial charge in [-0.2, -0.15) is 0 Å². The highest BCUT2D eigenvalue weighted by Gasteiger charge is 2.14. The van der Waals surface area contributed by atoms with E-state index in [1.807, 2.05) is 6.92 Å². The van der Waals surface area contributed by atoms with Crippen LogP contribution in [-0.2, 0) is 0 Å². The summed E-state index contributed by atoms with van der Waals surface area (Å²) in [7, 11) is 0. The van der Waals surface area contributed by atoms with E-state index in [-0.39, 0.29) is 6.04 Å². The maximum atomic E-state index is 6.02. The van der Waals surface area contributed by atoms with Crippen LogP contribution in [0.5, 0.6) is 0 Å². The molecule has 0 saturated carbocycles. The highest BCUT2D eigenvalue weighted by atomic mass is 32.1. The average molecular weight is 194 g/mol. The third-order valence-electron chi connectivity index (χ3n) is 1.99. The standard InChI is InChI=1S/C9H10N2OS/c1-6-3-12-4-7(6)9(10)8-2-11-5-13-8/h2-5,9H,10H2,1H3. The molecule has 2 aromatic heterocycles. The van der Waals surface area contributed by atoms with E-state index in [9.17, 15) is 0 Å². The molecule has 0 bridgehead atoms. The number of hydrogen-bond acceptors (Lipinski definition) is 4. The number of nitrogens with zero attached hydrogens (tertiary/aromatic N) is 1. The summed E-state index contributed by atoms with van der Waals surface area (Å²) in [6.07, 6.45) is 5.19.